The maximum Gasteiger partial charge on any atom is 0.275 e. The summed E-state index contributed by atoms with van der Waals surface area (Å²) in [7, 11) is 1.58. The van der Waals surface area contributed by atoms with Crippen LogP contribution in [0.15, 0.2) is 23.7 Å². The van der Waals surface area contributed by atoms with Crippen molar-refractivity contribution in [3.05, 3.63) is 34.4 Å². The van der Waals surface area contributed by atoms with E-state index in [9.17, 15) is 4.79 Å². The Balaban J connectivity index is 1.64. The lowest BCUT2D eigenvalue weighted by molar-refractivity contribution is 0.0664. The normalized spacial score (nSPS) is 15.3. The molecule has 1 aliphatic heterocycles. The largest absolute Gasteiger partial charge is 0.494 e. The highest BCUT2D eigenvalue weighted by Gasteiger charge is 2.19. The van der Waals surface area contributed by atoms with Crippen molar-refractivity contribution in [2.75, 3.05) is 25.6 Å². The molecule has 3 aromatic rings. The number of rotatable bonds is 4. The fourth-order valence-corrected chi connectivity index (χ4v) is 3.72. The van der Waals surface area contributed by atoms with Crippen LogP contribution >= 0.6 is 11.3 Å². The van der Waals surface area contributed by atoms with E-state index in [0.717, 1.165) is 42.0 Å². The topological polar surface area (TPSA) is 78.3 Å². The molecule has 0 saturated carbocycles. The molecule has 1 saturated heterocycles. The van der Waals surface area contributed by atoms with Crippen LogP contribution in [0.25, 0.3) is 10.9 Å². The molecule has 1 aromatic carbocycles. The number of nitrogens with one attached hydrogen (secondary N) is 1. The molecule has 0 spiro atoms. The molecule has 1 amide bonds. The van der Waals surface area contributed by atoms with Crippen LogP contribution in [0.5, 0.6) is 5.75 Å². The maximum atomic E-state index is 12.4. The van der Waals surface area contributed by atoms with Gasteiger partial charge in [0.1, 0.15) is 11.4 Å². The molecule has 1 aliphatic rings. The third kappa shape index (κ3) is 3.30. The molecule has 26 heavy (non-hydrogen) atoms. The monoisotopic (exact) mass is 372 g/mol. The second-order valence-electron chi connectivity index (χ2n) is 6.27. The van der Waals surface area contributed by atoms with Gasteiger partial charge in [-0.1, -0.05) is 0 Å². The minimum Gasteiger partial charge on any atom is -0.494 e. The van der Waals surface area contributed by atoms with E-state index in [2.05, 4.69) is 15.4 Å². The third-order valence-electron chi connectivity index (χ3n) is 4.51. The molecule has 3 heterocycles. The first-order chi connectivity index (χ1) is 12.6. The maximum absolute atomic E-state index is 12.4. The minimum atomic E-state index is -0.246. The van der Waals surface area contributed by atoms with Crippen LogP contribution in [-0.2, 0) is 4.74 Å². The van der Waals surface area contributed by atoms with E-state index < -0.39 is 0 Å². The molecule has 0 atom stereocenters. The van der Waals surface area contributed by atoms with Crippen LogP contribution in [0.3, 0.4) is 0 Å². The zero-order chi connectivity index (χ0) is 18.1. The summed E-state index contributed by atoms with van der Waals surface area (Å²) in [6.45, 7) is 3.40. The number of thiazole rings is 1. The average Bonchev–Trinajstić information content (AvgIpc) is 3.27. The number of fused-ring (bicyclic) bond motifs is 1. The Morgan fingerprint density at radius 3 is 2.88 bits per heavy atom. The molecule has 2 aromatic heterocycles. The lowest BCUT2D eigenvalue weighted by Gasteiger charge is -2.22. The summed E-state index contributed by atoms with van der Waals surface area (Å²) in [5.74, 6) is 0.332. The van der Waals surface area contributed by atoms with Crippen molar-refractivity contribution in [2.45, 2.75) is 25.8 Å². The first-order valence-corrected chi connectivity index (χ1v) is 9.40. The quantitative estimate of drug-likeness (QED) is 0.759. The minimum absolute atomic E-state index is 0.246. The van der Waals surface area contributed by atoms with Crippen molar-refractivity contribution in [3.63, 3.8) is 0 Å². The number of ether oxygens (including phenoxy) is 2. The van der Waals surface area contributed by atoms with E-state index in [1.807, 2.05) is 29.9 Å². The number of benzene rings is 1. The van der Waals surface area contributed by atoms with E-state index in [0.29, 0.717) is 23.2 Å². The van der Waals surface area contributed by atoms with E-state index in [-0.39, 0.29) is 5.91 Å². The summed E-state index contributed by atoms with van der Waals surface area (Å²) in [6, 6.07) is 4.10. The fourth-order valence-electron chi connectivity index (χ4n) is 3.13. The summed E-state index contributed by atoms with van der Waals surface area (Å²) in [5.41, 5.74) is 1.87. The second kappa shape index (κ2) is 7.05. The van der Waals surface area contributed by atoms with Crippen molar-refractivity contribution >= 4 is 33.8 Å². The standard InChI is InChI=1S/C18H20N4O3S/c1-11-19-16(10-26-11)18(23)20-15-7-12-9-22(13-3-5-25-6-4-13)21-14(12)8-17(15)24-2/h7-10,13H,3-6H2,1-2H3,(H,20,23). The van der Waals surface area contributed by atoms with Gasteiger partial charge in [0, 0.05) is 36.2 Å². The number of aromatic nitrogens is 3. The lowest BCUT2D eigenvalue weighted by Crippen LogP contribution is -2.19. The van der Waals surface area contributed by atoms with E-state index in [1.165, 1.54) is 11.3 Å². The summed E-state index contributed by atoms with van der Waals surface area (Å²) < 4.78 is 12.9. The number of nitrogens with zero attached hydrogens (tertiary/aromatic N) is 3. The third-order valence-corrected chi connectivity index (χ3v) is 5.28. The number of hydrogen-bond acceptors (Lipinski definition) is 6. The van der Waals surface area contributed by atoms with Gasteiger partial charge in [-0.15, -0.1) is 11.3 Å². The summed E-state index contributed by atoms with van der Waals surface area (Å²) in [5, 5.41) is 11.1. The van der Waals surface area contributed by atoms with Gasteiger partial charge in [0.2, 0.25) is 0 Å². The van der Waals surface area contributed by atoms with Crippen LogP contribution in [-0.4, -0.2) is 41.0 Å². The lowest BCUT2D eigenvalue weighted by atomic mass is 10.1. The summed E-state index contributed by atoms with van der Waals surface area (Å²) >= 11 is 1.45. The molecular formula is C18H20N4O3S. The Morgan fingerprint density at radius 1 is 1.38 bits per heavy atom. The molecule has 8 heteroatoms. The summed E-state index contributed by atoms with van der Waals surface area (Å²) in [4.78, 5) is 16.7. The van der Waals surface area contributed by atoms with Crippen molar-refractivity contribution in [2.24, 2.45) is 0 Å². The number of anilines is 1. The Labute approximate surface area is 154 Å². The highest BCUT2D eigenvalue weighted by Crippen LogP contribution is 2.32. The van der Waals surface area contributed by atoms with E-state index >= 15 is 0 Å². The molecule has 7 nitrogen and oxygen atoms in total. The Morgan fingerprint density at radius 2 is 2.19 bits per heavy atom. The van der Waals surface area contributed by atoms with Crippen molar-refractivity contribution in [1.82, 2.24) is 14.8 Å². The predicted octanol–water partition coefficient (Wildman–Crippen LogP) is 3.41. The van der Waals surface area contributed by atoms with Crippen LogP contribution in [0.2, 0.25) is 0 Å². The molecule has 0 unspecified atom stereocenters. The number of hydrogen-bond donors (Lipinski definition) is 1. The van der Waals surface area contributed by atoms with Gasteiger partial charge in [-0.2, -0.15) is 5.10 Å². The van der Waals surface area contributed by atoms with Crippen LogP contribution < -0.4 is 10.1 Å². The highest BCUT2D eigenvalue weighted by atomic mass is 32.1. The van der Waals surface area contributed by atoms with Gasteiger partial charge in [0.05, 0.1) is 29.4 Å². The molecule has 0 bridgehead atoms. The molecular weight excluding hydrogens is 352 g/mol. The molecule has 1 fully saturated rings. The number of carbonyl (C=O) groups is 1. The van der Waals surface area contributed by atoms with Gasteiger partial charge in [0.25, 0.3) is 5.91 Å². The molecule has 0 radical (unpaired) electrons. The fraction of sp³-hybridized carbons (Fsp3) is 0.389. The van der Waals surface area contributed by atoms with Gasteiger partial charge in [-0.3, -0.25) is 9.48 Å². The Bertz CT molecular complexity index is 943. The van der Waals surface area contributed by atoms with Crippen LogP contribution in [0.4, 0.5) is 5.69 Å². The van der Waals surface area contributed by atoms with Gasteiger partial charge in [0.15, 0.2) is 0 Å². The van der Waals surface area contributed by atoms with E-state index in [4.69, 9.17) is 9.47 Å². The zero-order valence-corrected chi connectivity index (χ0v) is 15.5. The van der Waals surface area contributed by atoms with Crippen molar-refractivity contribution < 1.29 is 14.3 Å². The Kier molecular flexibility index (Phi) is 4.60. The Hall–Kier alpha value is -2.45. The first-order valence-electron chi connectivity index (χ1n) is 8.52. The van der Waals surface area contributed by atoms with Crippen LogP contribution in [0.1, 0.15) is 34.4 Å². The molecule has 4 rings (SSSR count). The van der Waals surface area contributed by atoms with Crippen LogP contribution in [0, 0.1) is 6.92 Å². The zero-order valence-electron chi connectivity index (χ0n) is 14.7. The molecule has 1 N–H and O–H groups in total. The second-order valence-corrected chi connectivity index (χ2v) is 7.33. The number of carbonyl (C=O) groups excluding carboxylic acids is 1. The number of aryl methyl sites for hydroxylation is 1. The first kappa shape index (κ1) is 17.0. The van der Waals surface area contributed by atoms with Gasteiger partial charge >= 0.3 is 0 Å². The van der Waals surface area contributed by atoms with Crippen molar-refractivity contribution in [1.29, 1.82) is 0 Å². The highest BCUT2D eigenvalue weighted by molar-refractivity contribution is 7.09. The average molecular weight is 372 g/mol. The van der Waals surface area contributed by atoms with Gasteiger partial charge in [-0.25, -0.2) is 4.98 Å². The molecule has 0 aliphatic carbocycles. The number of amides is 1. The van der Waals surface area contributed by atoms with E-state index in [1.54, 1.807) is 12.5 Å². The van der Waals surface area contributed by atoms with Gasteiger partial charge in [-0.05, 0) is 25.8 Å². The predicted molar refractivity (Wildman–Crippen MR) is 100 cm³/mol. The van der Waals surface area contributed by atoms with Gasteiger partial charge < -0.3 is 14.8 Å². The number of methoxy groups -OCH3 is 1. The van der Waals surface area contributed by atoms with Crippen molar-refractivity contribution in [3.8, 4) is 5.75 Å². The SMILES string of the molecule is COc1cc2nn(C3CCOCC3)cc2cc1NC(=O)c1csc(C)n1. The molecule has 136 valence electrons. The smallest absolute Gasteiger partial charge is 0.275 e. The summed E-state index contributed by atoms with van der Waals surface area (Å²) in [6.07, 6.45) is 3.93.